The maximum Gasteiger partial charge on any atom is 0.258 e. The quantitative estimate of drug-likeness (QED) is 0.324. The Morgan fingerprint density at radius 2 is 1.64 bits per heavy atom. The van der Waals surface area contributed by atoms with Gasteiger partial charge in [-0.1, -0.05) is 23.2 Å². The zero-order valence-corrected chi connectivity index (χ0v) is 20.4. The number of carbonyl (C=O) groups excluding carboxylic acids is 2. The van der Waals surface area contributed by atoms with Crippen molar-refractivity contribution in [1.82, 2.24) is 0 Å². The maximum atomic E-state index is 12.9. The van der Waals surface area contributed by atoms with Crippen LogP contribution in [0.1, 0.15) is 20.8 Å². The Morgan fingerprint density at radius 3 is 2.21 bits per heavy atom. The minimum atomic E-state index is -1.48. The normalized spacial score (nSPS) is 11.7. The molecule has 0 aliphatic carbocycles. The fourth-order valence-corrected chi connectivity index (χ4v) is 3.24. The molecule has 0 aromatic heterocycles. The summed E-state index contributed by atoms with van der Waals surface area (Å²) in [5, 5.41) is 10.9. The van der Waals surface area contributed by atoms with Crippen molar-refractivity contribution in [3.05, 3.63) is 34.3 Å². The highest BCUT2D eigenvalue weighted by Crippen LogP contribution is 2.42. The Balaban J connectivity index is 2.40. The molecule has 9 nitrogen and oxygen atoms in total. The first-order chi connectivity index (χ1) is 15.8. The topological polar surface area (TPSA) is 108 Å². The fourth-order valence-electron chi connectivity index (χ4n) is 2.74. The number of ketones is 1. The number of nitrogens with one attached hydrogen (secondary N) is 1. The summed E-state index contributed by atoms with van der Waals surface area (Å²) < 4.78 is 21.4. The molecule has 0 heterocycles. The van der Waals surface area contributed by atoms with Crippen LogP contribution < -0.4 is 24.3 Å². The van der Waals surface area contributed by atoms with Gasteiger partial charge in [0, 0.05) is 12.1 Å². The van der Waals surface area contributed by atoms with Crippen LogP contribution >= 0.6 is 23.2 Å². The van der Waals surface area contributed by atoms with Crippen LogP contribution in [-0.4, -0.2) is 45.2 Å². The number of rotatable bonds is 11. The predicted molar refractivity (Wildman–Crippen MR) is 126 cm³/mol. The number of carbonyl (C=O) groups is 2. The van der Waals surface area contributed by atoms with Gasteiger partial charge in [0.25, 0.3) is 5.91 Å². The molecule has 2 rings (SSSR count). The van der Waals surface area contributed by atoms with Gasteiger partial charge >= 0.3 is 0 Å². The Labute approximate surface area is 202 Å². The lowest BCUT2D eigenvalue weighted by molar-refractivity contribution is -0.126. The second kappa shape index (κ2) is 12.3. The zero-order valence-electron chi connectivity index (χ0n) is 18.9. The van der Waals surface area contributed by atoms with Crippen LogP contribution in [0.15, 0.2) is 34.5 Å². The lowest BCUT2D eigenvalue weighted by atomic mass is 10.2. The van der Waals surface area contributed by atoms with E-state index in [0.717, 1.165) is 0 Å². The van der Waals surface area contributed by atoms with E-state index in [1.807, 2.05) is 6.92 Å². The van der Waals surface area contributed by atoms with Gasteiger partial charge in [0.15, 0.2) is 5.78 Å². The highest BCUT2D eigenvalue weighted by molar-refractivity contribution is 6.35. The van der Waals surface area contributed by atoms with Gasteiger partial charge in [-0.05, 0) is 32.9 Å². The number of methoxy groups -OCH3 is 2. The van der Waals surface area contributed by atoms with E-state index < -0.39 is 17.7 Å². The van der Waals surface area contributed by atoms with Crippen LogP contribution in [-0.2, 0) is 9.59 Å². The van der Waals surface area contributed by atoms with Gasteiger partial charge in [-0.15, -0.1) is 5.11 Å². The van der Waals surface area contributed by atoms with Crippen LogP contribution in [0.4, 0.5) is 11.4 Å². The van der Waals surface area contributed by atoms with Crippen LogP contribution in [0.3, 0.4) is 0 Å². The van der Waals surface area contributed by atoms with Crippen molar-refractivity contribution >= 4 is 46.3 Å². The number of anilines is 1. The van der Waals surface area contributed by atoms with E-state index in [2.05, 4.69) is 15.5 Å². The van der Waals surface area contributed by atoms with Crippen molar-refractivity contribution in [2.24, 2.45) is 10.2 Å². The maximum absolute atomic E-state index is 12.9. The molecule has 0 aliphatic heterocycles. The summed E-state index contributed by atoms with van der Waals surface area (Å²) >= 11 is 12.7. The third-order valence-corrected chi connectivity index (χ3v) is 4.94. The number of amides is 1. The van der Waals surface area contributed by atoms with Crippen LogP contribution in [0.25, 0.3) is 0 Å². The molecule has 0 radical (unpaired) electrons. The molecule has 0 spiro atoms. The Morgan fingerprint density at radius 1 is 1.00 bits per heavy atom. The number of Topliss-reactive ketones (excluding diaryl/α,β-unsaturated/α-hetero) is 1. The van der Waals surface area contributed by atoms with Crippen molar-refractivity contribution < 1.29 is 28.5 Å². The standard InChI is InChI=1S/C22H25Cl2N3O6/c1-6-32-15-8-9-16(33-7-2)21(18(15)24)27-26-19(12(3)28)22(29)25-20-14(23)10-13(30-4)11-17(20)31-5/h8-11,19H,6-7H2,1-5H3,(H,25,29). The summed E-state index contributed by atoms with van der Waals surface area (Å²) in [4.78, 5) is 25.1. The Kier molecular flexibility index (Phi) is 9.74. The van der Waals surface area contributed by atoms with Gasteiger partial charge < -0.3 is 24.3 Å². The van der Waals surface area contributed by atoms with Crippen molar-refractivity contribution in [2.45, 2.75) is 26.8 Å². The number of benzene rings is 2. The number of halogens is 2. The molecule has 2 aromatic carbocycles. The molecular weight excluding hydrogens is 473 g/mol. The molecule has 1 amide bonds. The van der Waals surface area contributed by atoms with E-state index >= 15 is 0 Å². The van der Waals surface area contributed by atoms with Gasteiger partial charge in [0.2, 0.25) is 6.04 Å². The highest BCUT2D eigenvalue weighted by Gasteiger charge is 2.26. The Hall–Kier alpha value is -3.04. The van der Waals surface area contributed by atoms with E-state index in [9.17, 15) is 9.59 Å². The summed E-state index contributed by atoms with van der Waals surface area (Å²) in [6, 6.07) is 4.83. The molecule has 0 saturated heterocycles. The molecule has 1 unspecified atom stereocenters. The van der Waals surface area contributed by atoms with Gasteiger partial charge in [0.05, 0.1) is 32.5 Å². The zero-order chi connectivity index (χ0) is 24.5. The molecule has 0 fully saturated rings. The second-order valence-corrected chi connectivity index (χ2v) is 7.28. The summed E-state index contributed by atoms with van der Waals surface area (Å²) in [5.74, 6) is 0.0805. The molecule has 0 aliphatic rings. The SMILES string of the molecule is CCOc1ccc(OCC)c(N=NC(C(C)=O)C(=O)Nc2c(Cl)cc(OC)cc2OC)c1Cl. The van der Waals surface area contributed by atoms with Crippen molar-refractivity contribution in [3.8, 4) is 23.0 Å². The smallest absolute Gasteiger partial charge is 0.258 e. The first kappa shape index (κ1) is 26.2. The Bertz CT molecular complexity index is 1050. The van der Waals surface area contributed by atoms with Gasteiger partial charge in [-0.25, -0.2) is 0 Å². The lowest BCUT2D eigenvalue weighted by Gasteiger charge is -2.15. The monoisotopic (exact) mass is 497 g/mol. The van der Waals surface area contributed by atoms with Crippen molar-refractivity contribution in [3.63, 3.8) is 0 Å². The van der Waals surface area contributed by atoms with Crippen LogP contribution in [0.2, 0.25) is 10.0 Å². The minimum Gasteiger partial charge on any atom is -0.497 e. The van der Waals surface area contributed by atoms with Crippen molar-refractivity contribution in [2.75, 3.05) is 32.8 Å². The lowest BCUT2D eigenvalue weighted by Crippen LogP contribution is -2.32. The van der Waals surface area contributed by atoms with E-state index in [0.29, 0.717) is 30.5 Å². The largest absolute Gasteiger partial charge is 0.497 e. The molecule has 11 heteroatoms. The average Bonchev–Trinajstić information content (AvgIpc) is 2.78. The molecule has 178 valence electrons. The van der Waals surface area contributed by atoms with Crippen molar-refractivity contribution in [1.29, 1.82) is 0 Å². The number of hydrogen-bond acceptors (Lipinski definition) is 8. The number of azo groups is 1. The molecule has 0 bridgehead atoms. The molecule has 2 aromatic rings. The molecule has 1 atom stereocenters. The molecule has 33 heavy (non-hydrogen) atoms. The minimum absolute atomic E-state index is 0.142. The summed E-state index contributed by atoms with van der Waals surface area (Å²) in [5.41, 5.74) is 0.307. The highest BCUT2D eigenvalue weighted by atomic mass is 35.5. The van der Waals surface area contributed by atoms with E-state index in [1.165, 1.54) is 27.2 Å². The first-order valence-electron chi connectivity index (χ1n) is 9.99. The van der Waals surface area contributed by atoms with Crippen LogP contribution in [0, 0.1) is 0 Å². The molecular formula is C22H25Cl2N3O6. The second-order valence-electron chi connectivity index (χ2n) is 6.49. The first-order valence-corrected chi connectivity index (χ1v) is 10.7. The third kappa shape index (κ3) is 6.49. The average molecular weight is 498 g/mol. The van der Waals surface area contributed by atoms with E-state index in [-0.39, 0.29) is 27.2 Å². The van der Waals surface area contributed by atoms with E-state index in [1.54, 1.807) is 25.1 Å². The molecule has 1 N–H and O–H groups in total. The summed E-state index contributed by atoms with van der Waals surface area (Å²) in [6.07, 6.45) is 0. The van der Waals surface area contributed by atoms with Crippen LogP contribution in [0.5, 0.6) is 23.0 Å². The number of ether oxygens (including phenoxy) is 4. The fraction of sp³-hybridized carbons (Fsp3) is 0.364. The predicted octanol–water partition coefficient (Wildman–Crippen LogP) is 5.49. The van der Waals surface area contributed by atoms with Gasteiger partial charge in [-0.2, -0.15) is 5.11 Å². The number of hydrogen-bond donors (Lipinski definition) is 1. The molecule has 0 saturated carbocycles. The number of nitrogens with zero attached hydrogens (tertiary/aromatic N) is 2. The van der Waals surface area contributed by atoms with Gasteiger partial charge in [0.1, 0.15) is 39.4 Å². The van der Waals surface area contributed by atoms with Gasteiger partial charge in [-0.3, -0.25) is 9.59 Å². The van der Waals surface area contributed by atoms with E-state index in [4.69, 9.17) is 42.1 Å². The summed E-state index contributed by atoms with van der Waals surface area (Å²) in [6.45, 7) is 5.55. The summed E-state index contributed by atoms with van der Waals surface area (Å²) in [7, 11) is 2.88. The third-order valence-electron chi connectivity index (χ3n) is 4.28.